The highest BCUT2D eigenvalue weighted by molar-refractivity contribution is 6.35. The van der Waals surface area contributed by atoms with Crippen LogP contribution in [0.25, 0.3) is 27.8 Å². The minimum Gasteiger partial charge on any atom is -0.384 e. The lowest BCUT2D eigenvalue weighted by Crippen LogP contribution is -2.15. The van der Waals surface area contributed by atoms with E-state index in [1.54, 1.807) is 30.0 Å². The molecular formula is C18H14ClF2N7O. The number of alkyl halides is 1. The quantitative estimate of drug-likeness (QED) is 0.472. The zero-order valence-corrected chi connectivity index (χ0v) is 15.8. The SMILES string of the molecule is CNc1c(F)c(Cl)c(-c2cn3cc(NC(=O)C4CC4F)nc3cn2)c2cn[nH]c12. The topological polar surface area (TPSA) is 100 Å². The summed E-state index contributed by atoms with van der Waals surface area (Å²) in [7, 11) is 1.59. The van der Waals surface area contributed by atoms with E-state index in [1.807, 2.05) is 0 Å². The molecule has 29 heavy (non-hydrogen) atoms. The van der Waals surface area contributed by atoms with E-state index in [4.69, 9.17) is 11.6 Å². The molecule has 1 fully saturated rings. The number of halogens is 3. The summed E-state index contributed by atoms with van der Waals surface area (Å²) in [6.45, 7) is 0. The maximum Gasteiger partial charge on any atom is 0.231 e. The second-order valence-electron chi connectivity index (χ2n) is 6.80. The summed E-state index contributed by atoms with van der Waals surface area (Å²) in [6, 6.07) is 0. The van der Waals surface area contributed by atoms with Crippen LogP contribution in [0, 0.1) is 11.7 Å². The Morgan fingerprint density at radius 1 is 1.38 bits per heavy atom. The summed E-state index contributed by atoms with van der Waals surface area (Å²) in [4.78, 5) is 20.5. The van der Waals surface area contributed by atoms with Crippen LogP contribution in [0.3, 0.4) is 0 Å². The fourth-order valence-corrected chi connectivity index (χ4v) is 3.63. The Balaban J connectivity index is 1.58. The Hall–Kier alpha value is -3.27. The first-order valence-corrected chi connectivity index (χ1v) is 9.17. The van der Waals surface area contributed by atoms with Crippen LogP contribution in [0.15, 0.2) is 24.8 Å². The van der Waals surface area contributed by atoms with Gasteiger partial charge < -0.3 is 15.0 Å². The van der Waals surface area contributed by atoms with Gasteiger partial charge in [0.1, 0.15) is 6.17 Å². The molecule has 11 heteroatoms. The number of fused-ring (bicyclic) bond motifs is 2. The number of carbonyl (C=O) groups is 1. The molecule has 3 heterocycles. The number of anilines is 2. The highest BCUT2D eigenvalue weighted by Gasteiger charge is 2.43. The van der Waals surface area contributed by atoms with Gasteiger partial charge in [-0.2, -0.15) is 5.10 Å². The Morgan fingerprint density at radius 3 is 2.90 bits per heavy atom. The number of hydrogen-bond donors (Lipinski definition) is 3. The number of carbonyl (C=O) groups excluding carboxylic acids is 1. The summed E-state index contributed by atoms with van der Waals surface area (Å²) in [5.41, 5.74) is 1.92. The van der Waals surface area contributed by atoms with Crippen molar-refractivity contribution in [2.24, 2.45) is 5.92 Å². The van der Waals surface area contributed by atoms with Crippen molar-refractivity contribution >= 4 is 45.6 Å². The Morgan fingerprint density at radius 2 is 2.17 bits per heavy atom. The van der Waals surface area contributed by atoms with Gasteiger partial charge in [0.25, 0.3) is 0 Å². The minimum absolute atomic E-state index is 0.0912. The first-order chi connectivity index (χ1) is 14.0. The molecule has 5 rings (SSSR count). The largest absolute Gasteiger partial charge is 0.384 e. The van der Waals surface area contributed by atoms with Crippen LogP contribution in [0.2, 0.25) is 5.02 Å². The van der Waals surface area contributed by atoms with Crippen LogP contribution < -0.4 is 10.6 Å². The van der Waals surface area contributed by atoms with Crippen molar-refractivity contribution in [2.45, 2.75) is 12.6 Å². The standard InChI is InChI=1S/C18H14ClF2N7O/c1-22-17-15(21)14(19)13(8-3-24-27-16(8)17)10-5-28-6-11(25-12(28)4-23-10)26-18(29)7-2-9(7)20/h3-7,9,22H,2H2,1H3,(H,24,27)(H,26,29). The molecule has 8 nitrogen and oxygen atoms in total. The lowest BCUT2D eigenvalue weighted by atomic mass is 10.1. The fraction of sp³-hybridized carbons (Fsp3) is 0.222. The van der Waals surface area contributed by atoms with E-state index in [2.05, 4.69) is 30.8 Å². The molecule has 0 spiro atoms. The van der Waals surface area contributed by atoms with Gasteiger partial charge in [-0.25, -0.2) is 13.8 Å². The Kier molecular flexibility index (Phi) is 3.91. The van der Waals surface area contributed by atoms with Gasteiger partial charge in [-0.15, -0.1) is 0 Å². The van der Waals surface area contributed by atoms with Gasteiger partial charge in [-0.3, -0.25) is 14.9 Å². The second kappa shape index (κ2) is 6.38. The summed E-state index contributed by atoms with van der Waals surface area (Å²) >= 11 is 6.31. The molecule has 3 aromatic heterocycles. The van der Waals surface area contributed by atoms with Crippen LogP contribution in [0.4, 0.5) is 20.3 Å². The summed E-state index contributed by atoms with van der Waals surface area (Å²) < 4.78 is 29.4. The van der Waals surface area contributed by atoms with Crippen molar-refractivity contribution in [1.82, 2.24) is 24.6 Å². The highest BCUT2D eigenvalue weighted by atomic mass is 35.5. The number of benzene rings is 1. The molecule has 0 aliphatic heterocycles. The number of nitrogens with one attached hydrogen (secondary N) is 3. The van der Waals surface area contributed by atoms with Gasteiger partial charge in [0.15, 0.2) is 17.3 Å². The van der Waals surface area contributed by atoms with E-state index in [1.165, 1.54) is 6.20 Å². The fourth-order valence-electron chi connectivity index (χ4n) is 3.34. The van der Waals surface area contributed by atoms with Crippen LogP contribution in [-0.2, 0) is 4.79 Å². The molecule has 1 amide bonds. The number of nitrogens with zero attached hydrogens (tertiary/aromatic N) is 4. The third-order valence-electron chi connectivity index (χ3n) is 4.94. The number of aromatic nitrogens is 5. The number of aromatic amines is 1. The molecule has 2 unspecified atom stereocenters. The number of imidazole rings is 1. The maximum absolute atomic E-state index is 14.8. The molecule has 0 saturated heterocycles. The lowest BCUT2D eigenvalue weighted by molar-refractivity contribution is -0.117. The normalized spacial score (nSPS) is 18.3. The first-order valence-electron chi connectivity index (χ1n) is 8.79. The summed E-state index contributed by atoms with van der Waals surface area (Å²) in [5, 5.41) is 12.6. The number of rotatable bonds is 4. The Labute approximate surface area is 167 Å². The minimum atomic E-state index is -1.09. The van der Waals surface area contributed by atoms with Crippen LogP contribution in [-0.4, -0.2) is 43.7 Å². The van der Waals surface area contributed by atoms with Gasteiger partial charge in [-0.1, -0.05) is 11.6 Å². The van der Waals surface area contributed by atoms with E-state index in [0.29, 0.717) is 27.8 Å². The van der Waals surface area contributed by atoms with Crippen LogP contribution >= 0.6 is 11.6 Å². The predicted molar refractivity (Wildman–Crippen MR) is 104 cm³/mol. The predicted octanol–water partition coefficient (Wildman–Crippen LogP) is 3.40. The Bertz CT molecular complexity index is 1280. The van der Waals surface area contributed by atoms with Crippen molar-refractivity contribution in [3.05, 3.63) is 35.6 Å². The molecule has 0 bridgehead atoms. The van der Waals surface area contributed by atoms with Crippen LogP contribution in [0.1, 0.15) is 6.42 Å². The molecule has 1 aromatic carbocycles. The van der Waals surface area contributed by atoms with Crippen molar-refractivity contribution in [3.8, 4) is 11.3 Å². The van der Waals surface area contributed by atoms with E-state index >= 15 is 0 Å². The van der Waals surface area contributed by atoms with Gasteiger partial charge in [0, 0.05) is 24.2 Å². The smallest absolute Gasteiger partial charge is 0.231 e. The molecular weight excluding hydrogens is 404 g/mol. The molecule has 2 atom stereocenters. The monoisotopic (exact) mass is 417 g/mol. The molecule has 1 aliphatic carbocycles. The molecule has 3 N–H and O–H groups in total. The van der Waals surface area contributed by atoms with Gasteiger partial charge in [0.2, 0.25) is 5.91 Å². The maximum atomic E-state index is 14.8. The van der Waals surface area contributed by atoms with Gasteiger partial charge >= 0.3 is 0 Å². The van der Waals surface area contributed by atoms with E-state index in [0.717, 1.165) is 0 Å². The average Bonchev–Trinajstić information content (AvgIpc) is 3.08. The van der Waals surface area contributed by atoms with Crippen molar-refractivity contribution in [3.63, 3.8) is 0 Å². The highest BCUT2D eigenvalue weighted by Crippen LogP contribution is 2.40. The van der Waals surface area contributed by atoms with Crippen molar-refractivity contribution in [1.29, 1.82) is 0 Å². The van der Waals surface area contributed by atoms with E-state index in [9.17, 15) is 13.6 Å². The van der Waals surface area contributed by atoms with Crippen molar-refractivity contribution < 1.29 is 13.6 Å². The third-order valence-corrected chi connectivity index (χ3v) is 5.29. The number of amides is 1. The second-order valence-corrected chi connectivity index (χ2v) is 7.18. The summed E-state index contributed by atoms with van der Waals surface area (Å²) in [6.07, 6.45) is 5.37. The first kappa shape index (κ1) is 17.8. The van der Waals surface area contributed by atoms with Crippen molar-refractivity contribution in [2.75, 3.05) is 17.7 Å². The molecule has 0 radical (unpaired) electrons. The van der Waals surface area contributed by atoms with Gasteiger partial charge in [0.05, 0.1) is 46.4 Å². The zero-order valence-electron chi connectivity index (χ0n) is 15.0. The molecule has 148 valence electrons. The summed E-state index contributed by atoms with van der Waals surface area (Å²) in [5.74, 6) is -1.35. The van der Waals surface area contributed by atoms with Gasteiger partial charge in [-0.05, 0) is 6.42 Å². The van der Waals surface area contributed by atoms with Crippen LogP contribution in [0.5, 0.6) is 0 Å². The third kappa shape index (κ3) is 2.79. The number of hydrogen-bond acceptors (Lipinski definition) is 5. The average molecular weight is 418 g/mol. The lowest BCUT2D eigenvalue weighted by Gasteiger charge is -2.11. The molecule has 1 aliphatic rings. The van der Waals surface area contributed by atoms with E-state index < -0.39 is 23.8 Å². The zero-order chi connectivity index (χ0) is 20.3. The molecule has 1 saturated carbocycles. The van der Waals surface area contributed by atoms with E-state index in [-0.39, 0.29) is 22.9 Å². The molecule has 4 aromatic rings. The number of H-pyrrole nitrogens is 1.